The minimum absolute atomic E-state index is 0.0548. The number of pyridine rings is 1. The number of carbonyl (C=O) groups excluding carboxylic acids is 1. The number of nitrogens with zero attached hydrogens (tertiary/aromatic N) is 7. The number of aryl methyl sites for hydroxylation is 1. The third-order valence-corrected chi connectivity index (χ3v) is 5.95. The van der Waals surface area contributed by atoms with Crippen molar-refractivity contribution in [3.8, 4) is 11.4 Å². The molecule has 3 aromatic rings. The molecule has 1 unspecified atom stereocenters. The molecule has 29 heavy (non-hydrogen) atoms. The van der Waals surface area contributed by atoms with Crippen LogP contribution < -0.4 is 0 Å². The van der Waals surface area contributed by atoms with Crippen molar-refractivity contribution in [2.45, 2.75) is 25.9 Å². The summed E-state index contributed by atoms with van der Waals surface area (Å²) in [6.45, 7) is 5.16. The Hall–Kier alpha value is -3.07. The molecule has 5 rings (SSSR count). The highest BCUT2D eigenvalue weighted by Gasteiger charge is 2.53. The first-order valence-electron chi connectivity index (χ1n) is 9.83. The molecule has 2 saturated heterocycles. The fourth-order valence-corrected chi connectivity index (χ4v) is 4.50. The van der Waals surface area contributed by atoms with Gasteiger partial charge in [-0.15, -0.1) is 0 Å². The van der Waals surface area contributed by atoms with Crippen molar-refractivity contribution in [1.82, 2.24) is 34.7 Å². The SMILES string of the molecule is CCn1cc(C(=O)N2CC3(CC(c4nc(-c5ccncc5)no4)N(C)C3)C2)cn1. The van der Waals surface area contributed by atoms with E-state index in [1.165, 1.54) is 0 Å². The van der Waals surface area contributed by atoms with Gasteiger partial charge in [0.05, 0.1) is 17.8 Å². The maximum absolute atomic E-state index is 12.7. The second kappa shape index (κ2) is 6.77. The minimum atomic E-state index is 0.0548. The van der Waals surface area contributed by atoms with Crippen molar-refractivity contribution >= 4 is 5.91 Å². The van der Waals surface area contributed by atoms with Gasteiger partial charge in [-0.1, -0.05) is 5.16 Å². The van der Waals surface area contributed by atoms with E-state index < -0.39 is 0 Å². The van der Waals surface area contributed by atoms with E-state index in [1.807, 2.05) is 30.2 Å². The highest BCUT2D eigenvalue weighted by molar-refractivity contribution is 5.94. The summed E-state index contributed by atoms with van der Waals surface area (Å²) in [5.74, 6) is 1.26. The van der Waals surface area contributed by atoms with Crippen molar-refractivity contribution in [1.29, 1.82) is 0 Å². The summed E-state index contributed by atoms with van der Waals surface area (Å²) in [6.07, 6.45) is 7.80. The summed E-state index contributed by atoms with van der Waals surface area (Å²) < 4.78 is 7.36. The Morgan fingerprint density at radius 2 is 2.07 bits per heavy atom. The third-order valence-electron chi connectivity index (χ3n) is 5.95. The van der Waals surface area contributed by atoms with Crippen molar-refractivity contribution in [3.63, 3.8) is 0 Å². The molecular weight excluding hydrogens is 370 g/mol. The number of rotatable bonds is 4. The first-order chi connectivity index (χ1) is 14.1. The first kappa shape index (κ1) is 18.0. The molecule has 0 saturated carbocycles. The van der Waals surface area contributed by atoms with E-state index in [-0.39, 0.29) is 17.4 Å². The largest absolute Gasteiger partial charge is 0.337 e. The van der Waals surface area contributed by atoms with Gasteiger partial charge in [0.1, 0.15) is 0 Å². The molecule has 2 aliphatic rings. The topological polar surface area (TPSA) is 93.2 Å². The zero-order valence-corrected chi connectivity index (χ0v) is 16.5. The fraction of sp³-hybridized carbons (Fsp3) is 0.450. The van der Waals surface area contributed by atoms with Crippen LogP contribution in [0.3, 0.4) is 0 Å². The number of hydrogen-bond donors (Lipinski definition) is 0. The van der Waals surface area contributed by atoms with Crippen LogP contribution in [0.25, 0.3) is 11.4 Å². The first-order valence-corrected chi connectivity index (χ1v) is 9.83. The normalized spacial score (nSPS) is 20.9. The van der Waals surface area contributed by atoms with Crippen LogP contribution in [-0.2, 0) is 6.54 Å². The highest BCUT2D eigenvalue weighted by Crippen LogP contribution is 2.47. The van der Waals surface area contributed by atoms with Gasteiger partial charge in [-0.25, -0.2) is 0 Å². The Balaban J connectivity index is 1.26. The van der Waals surface area contributed by atoms with Gasteiger partial charge in [-0.05, 0) is 32.5 Å². The van der Waals surface area contributed by atoms with E-state index in [0.717, 1.165) is 38.2 Å². The summed E-state index contributed by atoms with van der Waals surface area (Å²) in [6, 6.07) is 3.80. The lowest BCUT2D eigenvalue weighted by molar-refractivity contribution is 0.0114. The molecule has 1 atom stereocenters. The molecule has 1 spiro atoms. The summed E-state index contributed by atoms with van der Waals surface area (Å²) in [4.78, 5) is 25.5. The summed E-state index contributed by atoms with van der Waals surface area (Å²) in [5, 5.41) is 8.34. The molecule has 1 amide bonds. The van der Waals surface area contributed by atoms with Gasteiger partial charge in [0.2, 0.25) is 11.7 Å². The van der Waals surface area contributed by atoms with Crippen LogP contribution in [0.2, 0.25) is 0 Å². The van der Waals surface area contributed by atoms with Gasteiger partial charge in [-0.3, -0.25) is 19.4 Å². The maximum atomic E-state index is 12.7. The number of hydrogen-bond acceptors (Lipinski definition) is 7. The van der Waals surface area contributed by atoms with Crippen LogP contribution in [0.1, 0.15) is 35.6 Å². The molecule has 9 heteroatoms. The fourth-order valence-electron chi connectivity index (χ4n) is 4.50. The summed E-state index contributed by atoms with van der Waals surface area (Å²) in [5.41, 5.74) is 1.63. The molecule has 0 aliphatic carbocycles. The predicted octanol–water partition coefficient (Wildman–Crippen LogP) is 1.87. The number of amides is 1. The Labute approximate surface area is 168 Å². The van der Waals surface area contributed by atoms with Crippen LogP contribution in [-0.4, -0.2) is 67.3 Å². The molecule has 0 bridgehead atoms. The van der Waals surface area contributed by atoms with E-state index in [2.05, 4.69) is 32.2 Å². The van der Waals surface area contributed by atoms with E-state index >= 15 is 0 Å². The van der Waals surface area contributed by atoms with Crippen molar-refractivity contribution in [2.75, 3.05) is 26.7 Å². The summed E-state index contributed by atoms with van der Waals surface area (Å²) in [7, 11) is 2.07. The quantitative estimate of drug-likeness (QED) is 0.668. The molecule has 2 aliphatic heterocycles. The zero-order valence-electron chi connectivity index (χ0n) is 16.5. The molecule has 0 radical (unpaired) electrons. The van der Waals surface area contributed by atoms with Gasteiger partial charge in [0, 0.05) is 55.7 Å². The van der Waals surface area contributed by atoms with Crippen LogP contribution in [0, 0.1) is 5.41 Å². The van der Waals surface area contributed by atoms with Crippen molar-refractivity contribution in [2.24, 2.45) is 5.41 Å². The monoisotopic (exact) mass is 393 g/mol. The maximum Gasteiger partial charge on any atom is 0.257 e. The Morgan fingerprint density at radius 1 is 1.28 bits per heavy atom. The van der Waals surface area contributed by atoms with Gasteiger partial charge < -0.3 is 9.42 Å². The molecule has 0 N–H and O–H groups in total. The number of carbonyl (C=O) groups is 1. The lowest BCUT2D eigenvalue weighted by Crippen LogP contribution is -2.59. The van der Waals surface area contributed by atoms with Crippen LogP contribution in [0.4, 0.5) is 0 Å². The second-order valence-corrected chi connectivity index (χ2v) is 8.07. The van der Waals surface area contributed by atoms with E-state index in [4.69, 9.17) is 4.52 Å². The molecule has 2 fully saturated rings. The summed E-state index contributed by atoms with van der Waals surface area (Å²) >= 11 is 0. The highest BCUT2D eigenvalue weighted by atomic mass is 16.5. The molecule has 3 aromatic heterocycles. The third kappa shape index (κ3) is 3.11. The van der Waals surface area contributed by atoms with E-state index in [1.54, 1.807) is 23.3 Å². The van der Waals surface area contributed by atoms with Gasteiger partial charge in [0.15, 0.2) is 0 Å². The smallest absolute Gasteiger partial charge is 0.257 e. The van der Waals surface area contributed by atoms with Crippen molar-refractivity contribution < 1.29 is 9.32 Å². The van der Waals surface area contributed by atoms with Gasteiger partial charge >= 0.3 is 0 Å². The predicted molar refractivity (Wildman–Crippen MR) is 104 cm³/mol. The minimum Gasteiger partial charge on any atom is -0.337 e. The number of likely N-dealkylation sites (tertiary alicyclic amines) is 2. The van der Waals surface area contributed by atoms with Crippen LogP contribution in [0.15, 0.2) is 41.4 Å². The molecule has 9 nitrogen and oxygen atoms in total. The van der Waals surface area contributed by atoms with E-state index in [9.17, 15) is 4.79 Å². The lowest BCUT2D eigenvalue weighted by Gasteiger charge is -2.47. The standard InChI is InChI=1S/C20H23N7O2/c1-3-27-10-15(9-22-27)19(28)26-12-20(13-26)8-16(25(2)11-20)18-23-17(24-29-18)14-4-6-21-7-5-14/h4-7,9-10,16H,3,8,11-13H2,1-2H3. The lowest BCUT2D eigenvalue weighted by atomic mass is 9.77. The van der Waals surface area contributed by atoms with Gasteiger partial charge in [-0.2, -0.15) is 10.1 Å². The Morgan fingerprint density at radius 3 is 2.79 bits per heavy atom. The second-order valence-electron chi connectivity index (χ2n) is 8.07. The zero-order chi connectivity index (χ0) is 20.0. The van der Waals surface area contributed by atoms with E-state index in [0.29, 0.717) is 17.3 Å². The van der Waals surface area contributed by atoms with Crippen LogP contribution >= 0.6 is 0 Å². The van der Waals surface area contributed by atoms with Crippen molar-refractivity contribution in [3.05, 3.63) is 48.4 Å². The molecular formula is C20H23N7O2. The molecule has 5 heterocycles. The number of aromatic nitrogens is 5. The average Bonchev–Trinajstić information content (AvgIpc) is 3.45. The molecule has 150 valence electrons. The molecule has 0 aromatic carbocycles. The average molecular weight is 393 g/mol. The Bertz CT molecular complexity index is 1020. The Kier molecular flexibility index (Phi) is 4.20. The van der Waals surface area contributed by atoms with Crippen LogP contribution in [0.5, 0.6) is 0 Å². The van der Waals surface area contributed by atoms with Gasteiger partial charge in [0.25, 0.3) is 5.91 Å².